The lowest BCUT2D eigenvalue weighted by molar-refractivity contribution is 0.482. The zero-order valence-corrected chi connectivity index (χ0v) is 13.7. The molecule has 2 aliphatic rings. The number of thioether (sulfide) groups is 1. The zero-order valence-electron chi connectivity index (χ0n) is 12.1. The molecule has 0 saturated heterocycles. The fourth-order valence-corrected chi connectivity index (χ4v) is 4.05. The van der Waals surface area contributed by atoms with E-state index in [1.165, 1.54) is 21.7 Å². The molecule has 0 radical (unpaired) electrons. The predicted molar refractivity (Wildman–Crippen MR) is 93.1 cm³/mol. The summed E-state index contributed by atoms with van der Waals surface area (Å²) in [5.74, 6) is 1.65. The van der Waals surface area contributed by atoms with Gasteiger partial charge in [-0.3, -0.25) is 0 Å². The van der Waals surface area contributed by atoms with E-state index in [0.29, 0.717) is 5.02 Å². The molecule has 0 fully saturated rings. The van der Waals surface area contributed by atoms with Gasteiger partial charge in [-0.05, 0) is 48.0 Å². The van der Waals surface area contributed by atoms with Crippen molar-refractivity contribution in [1.29, 1.82) is 0 Å². The van der Waals surface area contributed by atoms with E-state index in [1.54, 1.807) is 11.8 Å². The molecule has 2 aromatic carbocycles. The van der Waals surface area contributed by atoms with Gasteiger partial charge in [-0.25, -0.2) is 0 Å². The Balaban J connectivity index is 1.61. The van der Waals surface area contributed by atoms with Crippen molar-refractivity contribution < 1.29 is 4.74 Å². The van der Waals surface area contributed by atoms with E-state index < -0.39 is 0 Å². The van der Waals surface area contributed by atoms with Crippen molar-refractivity contribution in [2.24, 2.45) is 0 Å². The van der Waals surface area contributed by atoms with Crippen LogP contribution in [0.25, 0.3) is 5.70 Å². The van der Waals surface area contributed by atoms with Crippen LogP contribution in [0.2, 0.25) is 5.02 Å². The summed E-state index contributed by atoms with van der Waals surface area (Å²) in [7, 11) is 2.07. The minimum atomic E-state index is 0.710. The number of hydrogen-bond acceptors (Lipinski definition) is 3. The van der Waals surface area contributed by atoms with Crippen LogP contribution in [0, 0.1) is 0 Å². The standard InChI is InChI=1S/C18H14ClNOS/c1-11-20(2)18-16-8-7-15(9-12(16)10-17(18)22-11)21-14-5-3-13(19)4-6-14/h3-9H,1,10H2,2H3. The summed E-state index contributed by atoms with van der Waals surface area (Å²) in [6, 6.07) is 13.7. The minimum Gasteiger partial charge on any atom is -0.457 e. The number of hydrogen-bond donors (Lipinski definition) is 0. The summed E-state index contributed by atoms with van der Waals surface area (Å²) in [5, 5.41) is 1.80. The van der Waals surface area contributed by atoms with E-state index in [-0.39, 0.29) is 0 Å². The van der Waals surface area contributed by atoms with Gasteiger partial charge in [0.2, 0.25) is 0 Å². The molecule has 0 amide bonds. The van der Waals surface area contributed by atoms with E-state index in [1.807, 2.05) is 30.3 Å². The second-order valence-corrected chi connectivity index (χ2v) is 6.98. The first-order chi connectivity index (χ1) is 10.6. The second-order valence-electron chi connectivity index (χ2n) is 5.38. The van der Waals surface area contributed by atoms with E-state index in [4.69, 9.17) is 16.3 Å². The molecule has 0 N–H and O–H groups in total. The van der Waals surface area contributed by atoms with E-state index in [9.17, 15) is 0 Å². The van der Waals surface area contributed by atoms with Crippen LogP contribution in [0.15, 0.2) is 59.0 Å². The Hall–Kier alpha value is -1.84. The number of halogens is 1. The SMILES string of the molecule is C=C1SC2=C(c3ccc(Oc4ccc(Cl)cc4)cc3C2)N1C. The summed E-state index contributed by atoms with van der Waals surface area (Å²) in [5.41, 5.74) is 3.89. The van der Waals surface area contributed by atoms with Gasteiger partial charge in [0.05, 0.1) is 10.7 Å². The van der Waals surface area contributed by atoms with Gasteiger partial charge in [0, 0.05) is 29.0 Å². The quantitative estimate of drug-likeness (QED) is 0.722. The fourth-order valence-electron chi connectivity index (χ4n) is 2.84. The molecule has 0 saturated carbocycles. The predicted octanol–water partition coefficient (Wildman–Crippen LogP) is 5.51. The van der Waals surface area contributed by atoms with Crippen LogP contribution in [-0.2, 0) is 6.42 Å². The van der Waals surface area contributed by atoms with Crippen molar-refractivity contribution in [3.05, 3.63) is 75.1 Å². The first kappa shape index (κ1) is 13.8. The van der Waals surface area contributed by atoms with Gasteiger partial charge in [-0.1, -0.05) is 29.9 Å². The van der Waals surface area contributed by atoms with Crippen molar-refractivity contribution in [1.82, 2.24) is 4.90 Å². The molecule has 4 heteroatoms. The molecular weight excluding hydrogens is 314 g/mol. The van der Waals surface area contributed by atoms with E-state index in [2.05, 4.69) is 30.7 Å². The third-order valence-corrected chi connectivity index (χ3v) is 5.29. The minimum absolute atomic E-state index is 0.710. The van der Waals surface area contributed by atoms with Gasteiger partial charge in [-0.15, -0.1) is 0 Å². The maximum absolute atomic E-state index is 5.91. The largest absolute Gasteiger partial charge is 0.457 e. The molecule has 2 nitrogen and oxygen atoms in total. The number of benzene rings is 2. The molecule has 110 valence electrons. The maximum atomic E-state index is 5.91. The third-order valence-electron chi connectivity index (χ3n) is 3.95. The first-order valence-electron chi connectivity index (χ1n) is 7.02. The third kappa shape index (κ3) is 2.21. The Labute approximate surface area is 139 Å². The average molecular weight is 328 g/mol. The second kappa shape index (κ2) is 5.11. The monoisotopic (exact) mass is 327 g/mol. The highest BCUT2D eigenvalue weighted by Crippen LogP contribution is 2.50. The molecule has 2 aromatic rings. The first-order valence-corrected chi connectivity index (χ1v) is 8.21. The zero-order chi connectivity index (χ0) is 15.3. The smallest absolute Gasteiger partial charge is 0.127 e. The van der Waals surface area contributed by atoms with Crippen molar-refractivity contribution >= 4 is 29.1 Å². The van der Waals surface area contributed by atoms with Gasteiger partial charge in [0.25, 0.3) is 0 Å². The summed E-state index contributed by atoms with van der Waals surface area (Å²) < 4.78 is 5.91. The van der Waals surface area contributed by atoms with E-state index in [0.717, 1.165) is 22.9 Å². The van der Waals surface area contributed by atoms with Crippen molar-refractivity contribution in [2.45, 2.75) is 6.42 Å². The molecule has 0 atom stereocenters. The molecule has 0 spiro atoms. The van der Waals surface area contributed by atoms with Crippen LogP contribution in [0.4, 0.5) is 0 Å². The Morgan fingerprint density at radius 2 is 1.86 bits per heavy atom. The average Bonchev–Trinajstić information content (AvgIpc) is 2.98. The van der Waals surface area contributed by atoms with Crippen molar-refractivity contribution in [3.8, 4) is 11.5 Å². The number of ether oxygens (including phenoxy) is 1. The summed E-state index contributed by atoms with van der Waals surface area (Å²) in [6.45, 7) is 4.08. The number of fused-ring (bicyclic) bond motifs is 2. The van der Waals surface area contributed by atoms with E-state index >= 15 is 0 Å². The molecule has 4 rings (SSSR count). The van der Waals surface area contributed by atoms with Crippen LogP contribution in [0.1, 0.15) is 11.1 Å². The van der Waals surface area contributed by atoms with Crippen LogP contribution >= 0.6 is 23.4 Å². The number of nitrogens with zero attached hydrogens (tertiary/aromatic N) is 1. The molecule has 1 aliphatic carbocycles. The highest BCUT2D eigenvalue weighted by Gasteiger charge is 2.32. The Morgan fingerprint density at radius 1 is 1.14 bits per heavy atom. The molecule has 0 aromatic heterocycles. The molecule has 0 unspecified atom stereocenters. The van der Waals surface area contributed by atoms with Gasteiger partial charge in [0.15, 0.2) is 0 Å². The molecule has 1 aliphatic heterocycles. The molecule has 22 heavy (non-hydrogen) atoms. The van der Waals surface area contributed by atoms with Gasteiger partial charge in [0.1, 0.15) is 11.5 Å². The van der Waals surface area contributed by atoms with Crippen molar-refractivity contribution in [3.63, 3.8) is 0 Å². The Kier molecular flexibility index (Phi) is 3.21. The lowest BCUT2D eigenvalue weighted by Gasteiger charge is -2.17. The number of rotatable bonds is 2. The van der Waals surface area contributed by atoms with Crippen LogP contribution in [-0.4, -0.2) is 11.9 Å². The van der Waals surface area contributed by atoms with Crippen LogP contribution in [0.5, 0.6) is 11.5 Å². The Morgan fingerprint density at radius 3 is 2.64 bits per heavy atom. The van der Waals surface area contributed by atoms with Crippen molar-refractivity contribution in [2.75, 3.05) is 7.05 Å². The molecular formula is C18H14ClNOS. The highest BCUT2D eigenvalue weighted by molar-refractivity contribution is 8.07. The number of allylic oxidation sites excluding steroid dienone is 1. The summed E-state index contributed by atoms with van der Waals surface area (Å²) >= 11 is 7.66. The van der Waals surface area contributed by atoms with Gasteiger partial charge in [-0.2, -0.15) is 0 Å². The summed E-state index contributed by atoms with van der Waals surface area (Å²) in [4.78, 5) is 3.55. The topological polar surface area (TPSA) is 12.5 Å². The normalized spacial score (nSPS) is 16.1. The van der Waals surface area contributed by atoms with Gasteiger partial charge < -0.3 is 9.64 Å². The van der Waals surface area contributed by atoms with Crippen LogP contribution in [0.3, 0.4) is 0 Å². The Bertz CT molecular complexity index is 810. The lowest BCUT2D eigenvalue weighted by Crippen LogP contribution is -2.09. The molecule has 0 bridgehead atoms. The maximum Gasteiger partial charge on any atom is 0.127 e. The molecule has 1 heterocycles. The lowest BCUT2D eigenvalue weighted by atomic mass is 10.1. The van der Waals surface area contributed by atoms with Crippen LogP contribution < -0.4 is 4.74 Å². The highest BCUT2D eigenvalue weighted by atomic mass is 35.5. The van der Waals surface area contributed by atoms with Gasteiger partial charge >= 0.3 is 0 Å². The summed E-state index contributed by atoms with van der Waals surface area (Å²) in [6.07, 6.45) is 0.955. The fraction of sp³-hybridized carbons (Fsp3) is 0.111.